The number of esters is 1. The number of rotatable bonds is 42. The molecule has 0 saturated carbocycles. The molecule has 1 unspecified atom stereocenters. The lowest BCUT2D eigenvalue weighted by Gasteiger charge is -2.14. The molecule has 0 radical (unpaired) electrons. The van der Waals surface area contributed by atoms with Crippen molar-refractivity contribution >= 4 is 26.0 Å². The third kappa shape index (κ3) is 30.3. The summed E-state index contributed by atoms with van der Waals surface area (Å²) in [5.74, 6) is -0.969. The first-order chi connectivity index (χ1) is 26.1. The summed E-state index contributed by atoms with van der Waals surface area (Å²) in [5.41, 5.74) is 5.61. The van der Waals surface area contributed by atoms with Gasteiger partial charge in [0, 0.05) is 6.54 Å². The molecule has 0 bridgehead atoms. The second-order valence-electron chi connectivity index (χ2n) is 11.2. The van der Waals surface area contributed by atoms with Gasteiger partial charge in [-0.25, -0.2) is 4.89 Å². The van der Waals surface area contributed by atoms with E-state index < -0.39 is 17.9 Å². The van der Waals surface area contributed by atoms with E-state index in [2.05, 4.69) is 10.1 Å². The molecule has 2 aliphatic heterocycles. The number of hydrogen-bond donors (Lipinski definition) is 2. The molecule has 0 aliphatic carbocycles. The second kappa shape index (κ2) is 34.9. The van der Waals surface area contributed by atoms with Gasteiger partial charge in [-0.05, 0) is 0 Å². The molecule has 1 amide bonds. The molecule has 0 aromatic rings. The zero-order valence-electron chi connectivity index (χ0n) is 31.3. The molecule has 53 heavy (non-hydrogen) atoms. The maximum absolute atomic E-state index is 11.7. The van der Waals surface area contributed by atoms with Crippen molar-refractivity contribution in [1.82, 2.24) is 10.2 Å². The monoisotopic (exact) mass is 769 g/mol. The Bertz CT molecular complexity index is 859. The first-order valence-electron chi connectivity index (χ1n) is 18.2. The van der Waals surface area contributed by atoms with Gasteiger partial charge in [-0.2, -0.15) is 0 Å². The van der Waals surface area contributed by atoms with Gasteiger partial charge in [-0.3, -0.25) is 9.59 Å². The lowest BCUT2D eigenvalue weighted by Crippen LogP contribution is -2.43. The first kappa shape index (κ1) is 47.6. The number of amides is 1. The summed E-state index contributed by atoms with van der Waals surface area (Å²) in [6.07, 6.45) is -0.172. The molecule has 3 N–H and O–H groups in total. The van der Waals surface area contributed by atoms with Crippen LogP contribution in [-0.4, -0.2) is 216 Å². The minimum absolute atomic E-state index is 0.0177. The van der Waals surface area contributed by atoms with Crippen LogP contribution < -0.4 is 11.1 Å². The molecule has 2 rings (SSSR count). The van der Waals surface area contributed by atoms with Gasteiger partial charge in [0.1, 0.15) is 0 Å². The van der Waals surface area contributed by atoms with E-state index in [9.17, 15) is 9.59 Å². The molecule has 1 atom stereocenters. The normalized spacial score (nSPS) is 14.2. The minimum Gasteiger partial charge on any atom is -0.469 e. The van der Waals surface area contributed by atoms with Gasteiger partial charge >= 0.3 is 20.1 Å². The Morgan fingerprint density at radius 2 is 0.830 bits per heavy atom. The van der Waals surface area contributed by atoms with Crippen molar-refractivity contribution in [2.45, 2.75) is 12.5 Å². The molecular formula is C31H61B2N3O17. The van der Waals surface area contributed by atoms with Crippen molar-refractivity contribution in [3.63, 3.8) is 0 Å². The fourth-order valence-electron chi connectivity index (χ4n) is 3.97. The quantitative estimate of drug-likeness (QED) is 0.0216. The van der Waals surface area contributed by atoms with Gasteiger partial charge in [-0.1, -0.05) is 0 Å². The fourth-order valence-corrected chi connectivity index (χ4v) is 3.97. The Balaban J connectivity index is 1.13. The minimum atomic E-state index is -0.944. The van der Waals surface area contributed by atoms with Crippen LogP contribution in [0.15, 0.2) is 0 Å². The van der Waals surface area contributed by atoms with Crippen LogP contribution >= 0.6 is 0 Å². The van der Waals surface area contributed by atoms with E-state index in [0.29, 0.717) is 165 Å². The summed E-state index contributed by atoms with van der Waals surface area (Å²) in [7, 11) is 1.28. The summed E-state index contributed by atoms with van der Waals surface area (Å²) >= 11 is 0. The summed E-state index contributed by atoms with van der Waals surface area (Å²) in [4.78, 5) is 30.2. The number of nitrogens with two attached hydrogens (primary N) is 1. The summed E-state index contributed by atoms with van der Waals surface area (Å²) in [5, 5.41) is 2.59. The molecule has 0 aromatic heterocycles. The maximum Gasteiger partial charge on any atom is 0.422 e. The van der Waals surface area contributed by atoms with Crippen molar-refractivity contribution in [3.8, 4) is 0 Å². The highest BCUT2D eigenvalue weighted by atomic mass is 16.7. The fraction of sp³-hybridized carbons (Fsp3) is 0.935. The molecule has 0 spiro atoms. The van der Waals surface area contributed by atoms with Crippen molar-refractivity contribution in [2.75, 3.05) is 179 Å². The van der Waals surface area contributed by atoms with E-state index in [-0.39, 0.29) is 27.1 Å². The summed E-state index contributed by atoms with van der Waals surface area (Å²) in [6, 6.07) is -0.944. The van der Waals surface area contributed by atoms with E-state index in [1.54, 1.807) is 4.89 Å². The highest BCUT2D eigenvalue weighted by molar-refractivity contribution is 6.73. The highest BCUT2D eigenvalue weighted by Crippen LogP contribution is 2.19. The predicted molar refractivity (Wildman–Crippen MR) is 188 cm³/mol. The number of carbonyl (C=O) groups excluding carboxylic acids is 2. The topological polar surface area (TPSA) is 220 Å². The van der Waals surface area contributed by atoms with Gasteiger partial charge in [0.15, 0.2) is 0 Å². The molecular weight excluding hydrogens is 708 g/mol. The Hall–Kier alpha value is -1.57. The zero-order chi connectivity index (χ0) is 37.9. The van der Waals surface area contributed by atoms with Gasteiger partial charge in [0.05, 0.1) is 185 Å². The van der Waals surface area contributed by atoms with Gasteiger partial charge in [-0.15, -0.1) is 0 Å². The van der Waals surface area contributed by atoms with Gasteiger partial charge < -0.3 is 82.0 Å². The molecule has 2 aliphatic rings. The maximum atomic E-state index is 11.7. The SMILES string of the molecule is COC(=O)CC(N)C(=O)NCCOCCOCCOCCOCCOCCOCCOCCOCCOCCOCCOCCON(B1CO1)B1CO1. The number of hydrogen-bond acceptors (Lipinski definition) is 19. The van der Waals surface area contributed by atoms with Crippen LogP contribution in [0, 0.1) is 0 Å². The van der Waals surface area contributed by atoms with Crippen LogP contribution in [0.1, 0.15) is 6.42 Å². The summed E-state index contributed by atoms with van der Waals surface area (Å²) < 4.78 is 75.0. The Kier molecular flexibility index (Phi) is 31.3. The lowest BCUT2D eigenvalue weighted by molar-refractivity contribution is -0.142. The van der Waals surface area contributed by atoms with Crippen LogP contribution in [0.5, 0.6) is 0 Å². The van der Waals surface area contributed by atoms with Crippen LogP contribution in [0.4, 0.5) is 0 Å². The Labute approximate surface area is 313 Å². The van der Waals surface area contributed by atoms with Crippen molar-refractivity contribution in [3.05, 3.63) is 0 Å². The van der Waals surface area contributed by atoms with E-state index in [1.807, 2.05) is 0 Å². The number of methoxy groups -OCH3 is 1. The Morgan fingerprint density at radius 3 is 1.11 bits per heavy atom. The molecule has 22 heteroatoms. The van der Waals surface area contributed by atoms with E-state index in [0.717, 1.165) is 0 Å². The lowest BCUT2D eigenvalue weighted by atomic mass is 9.81. The standard InChI is InChI=1S/C31H61B2N3O17/c1-39-30(37)26-29(34)31(38)35-2-3-40-4-5-41-6-7-42-8-9-43-10-11-44-12-13-45-14-15-46-16-17-47-18-19-48-20-21-49-22-23-50-24-25-53-36(32-27-51-32)33-28-52-33/h29H,2-28,34H2,1H3,(H,35,38). The van der Waals surface area contributed by atoms with Crippen molar-refractivity contribution in [2.24, 2.45) is 5.73 Å². The molecule has 2 fully saturated rings. The predicted octanol–water partition coefficient (Wildman–Crippen LogP) is -2.48. The van der Waals surface area contributed by atoms with E-state index in [4.69, 9.17) is 72.0 Å². The second-order valence-corrected chi connectivity index (χ2v) is 11.2. The first-order valence-corrected chi connectivity index (χ1v) is 18.2. The highest BCUT2D eigenvalue weighted by Gasteiger charge is 2.51. The van der Waals surface area contributed by atoms with Crippen LogP contribution in [0.2, 0.25) is 0 Å². The Morgan fingerprint density at radius 1 is 0.547 bits per heavy atom. The van der Waals surface area contributed by atoms with Crippen molar-refractivity contribution in [1.29, 1.82) is 0 Å². The number of nitrogens with zero attached hydrogens (tertiary/aromatic N) is 1. The van der Waals surface area contributed by atoms with Crippen LogP contribution in [0.3, 0.4) is 0 Å². The number of nitrogens with one attached hydrogen (secondary N) is 1. The summed E-state index contributed by atoms with van der Waals surface area (Å²) in [6.45, 7) is 12.2. The molecule has 0 aromatic carbocycles. The van der Waals surface area contributed by atoms with Crippen LogP contribution in [-0.2, 0) is 80.6 Å². The van der Waals surface area contributed by atoms with Crippen LogP contribution in [0.25, 0.3) is 0 Å². The van der Waals surface area contributed by atoms with E-state index >= 15 is 0 Å². The van der Waals surface area contributed by atoms with Gasteiger partial charge in [0.25, 0.3) is 0 Å². The third-order valence-corrected chi connectivity index (χ3v) is 6.88. The zero-order valence-corrected chi connectivity index (χ0v) is 31.3. The largest absolute Gasteiger partial charge is 0.469 e. The van der Waals surface area contributed by atoms with Gasteiger partial charge in [0.2, 0.25) is 5.91 Å². The smallest absolute Gasteiger partial charge is 0.422 e. The number of carbonyl (C=O) groups is 2. The van der Waals surface area contributed by atoms with E-state index in [1.165, 1.54) is 7.11 Å². The average molecular weight is 769 g/mol. The number of ether oxygens (including phenoxy) is 12. The van der Waals surface area contributed by atoms with Crippen molar-refractivity contribution < 1.29 is 80.6 Å². The molecule has 2 saturated heterocycles. The molecule has 20 nitrogen and oxygen atoms in total. The third-order valence-electron chi connectivity index (χ3n) is 6.88. The average Bonchev–Trinajstić information content (AvgIpc) is 4.10. The molecule has 308 valence electrons. The molecule has 2 heterocycles.